The Kier molecular flexibility index (Phi) is 3.91. The first-order valence-corrected chi connectivity index (χ1v) is 6.33. The third kappa shape index (κ3) is 3.14. The van der Waals surface area contributed by atoms with E-state index in [4.69, 9.17) is 0 Å². The molecule has 0 radical (unpaired) electrons. The predicted octanol–water partition coefficient (Wildman–Crippen LogP) is 2.53. The average molecular weight is 295 g/mol. The number of rotatable bonds is 4. The summed E-state index contributed by atoms with van der Waals surface area (Å²) in [5.41, 5.74) is 2.24. The molecule has 90 valence electrons. The van der Waals surface area contributed by atoms with Crippen molar-refractivity contribution < 1.29 is 0 Å². The Labute approximate surface area is 109 Å². The van der Waals surface area contributed by atoms with Crippen LogP contribution < -0.4 is 5.32 Å². The van der Waals surface area contributed by atoms with Gasteiger partial charge in [-0.15, -0.1) is 0 Å². The van der Waals surface area contributed by atoms with Crippen molar-refractivity contribution in [2.24, 2.45) is 0 Å². The molecule has 1 aromatic carbocycles. The average Bonchev–Trinajstić information content (AvgIpc) is 2.79. The summed E-state index contributed by atoms with van der Waals surface area (Å²) in [6, 6.07) is 6.73. The summed E-state index contributed by atoms with van der Waals surface area (Å²) in [7, 11) is 0. The Bertz CT molecular complexity index is 479. The molecule has 0 bridgehead atoms. The first-order chi connectivity index (χ1) is 8.16. The topological polar surface area (TPSA) is 42.7 Å². The Balaban J connectivity index is 2.17. The molecular formula is C12H15BrN4. The van der Waals surface area contributed by atoms with Crippen molar-refractivity contribution in [2.45, 2.75) is 26.4 Å². The summed E-state index contributed by atoms with van der Waals surface area (Å²) >= 11 is 3.56. The van der Waals surface area contributed by atoms with Crippen LogP contribution in [0.2, 0.25) is 0 Å². The van der Waals surface area contributed by atoms with Gasteiger partial charge in [-0.2, -0.15) is 5.10 Å². The fraction of sp³-hybridized carbons (Fsp3) is 0.333. The van der Waals surface area contributed by atoms with E-state index in [1.54, 1.807) is 11.0 Å². The van der Waals surface area contributed by atoms with Crippen LogP contribution in [0, 0.1) is 0 Å². The van der Waals surface area contributed by atoms with E-state index in [1.165, 1.54) is 11.9 Å². The maximum Gasteiger partial charge on any atom is 0.138 e. The van der Waals surface area contributed by atoms with Gasteiger partial charge in [0.2, 0.25) is 0 Å². The van der Waals surface area contributed by atoms with E-state index >= 15 is 0 Å². The van der Waals surface area contributed by atoms with Gasteiger partial charge in [-0.3, -0.25) is 0 Å². The van der Waals surface area contributed by atoms with Crippen LogP contribution in [0.4, 0.5) is 0 Å². The molecule has 1 aromatic heterocycles. The van der Waals surface area contributed by atoms with Gasteiger partial charge >= 0.3 is 0 Å². The minimum absolute atomic E-state index is 0.490. The molecule has 1 N–H and O–H groups in total. The van der Waals surface area contributed by atoms with Crippen LogP contribution in [-0.2, 0) is 6.54 Å². The number of aromatic nitrogens is 3. The number of nitrogens with zero attached hydrogens (tertiary/aromatic N) is 3. The number of nitrogens with one attached hydrogen (secondary N) is 1. The van der Waals surface area contributed by atoms with Crippen molar-refractivity contribution >= 4 is 15.9 Å². The van der Waals surface area contributed by atoms with Gasteiger partial charge in [0.1, 0.15) is 12.7 Å². The van der Waals surface area contributed by atoms with Crippen molar-refractivity contribution in [3.8, 4) is 5.69 Å². The number of halogens is 1. The van der Waals surface area contributed by atoms with Crippen molar-refractivity contribution in [3.05, 3.63) is 40.9 Å². The Morgan fingerprint density at radius 1 is 1.41 bits per heavy atom. The Morgan fingerprint density at radius 2 is 2.24 bits per heavy atom. The van der Waals surface area contributed by atoms with E-state index < -0.39 is 0 Å². The largest absolute Gasteiger partial charge is 0.310 e. The highest BCUT2D eigenvalue weighted by molar-refractivity contribution is 9.10. The lowest BCUT2D eigenvalue weighted by molar-refractivity contribution is 0.588. The molecule has 4 nitrogen and oxygen atoms in total. The predicted molar refractivity (Wildman–Crippen MR) is 71.0 cm³/mol. The van der Waals surface area contributed by atoms with Gasteiger partial charge in [-0.05, 0) is 33.6 Å². The first kappa shape index (κ1) is 12.3. The molecule has 0 spiro atoms. The molecule has 0 aliphatic heterocycles. The molecule has 0 aliphatic rings. The maximum absolute atomic E-state index is 4.11. The first-order valence-electron chi connectivity index (χ1n) is 5.53. The summed E-state index contributed by atoms with van der Waals surface area (Å²) in [6.07, 6.45) is 3.22. The maximum atomic E-state index is 4.11. The molecular weight excluding hydrogens is 280 g/mol. The SMILES string of the molecule is CC(C)NCc1ccc(-n2cncn2)c(Br)c1. The van der Waals surface area contributed by atoms with Gasteiger partial charge < -0.3 is 5.32 Å². The van der Waals surface area contributed by atoms with Crippen LogP contribution in [0.15, 0.2) is 35.3 Å². The molecule has 17 heavy (non-hydrogen) atoms. The van der Waals surface area contributed by atoms with Crippen LogP contribution in [-0.4, -0.2) is 20.8 Å². The Morgan fingerprint density at radius 3 is 2.82 bits per heavy atom. The lowest BCUT2D eigenvalue weighted by Crippen LogP contribution is -2.21. The summed E-state index contributed by atoms with van der Waals surface area (Å²) < 4.78 is 2.76. The van der Waals surface area contributed by atoms with Crippen molar-refractivity contribution in [2.75, 3.05) is 0 Å². The zero-order chi connectivity index (χ0) is 12.3. The van der Waals surface area contributed by atoms with Gasteiger partial charge in [0.15, 0.2) is 0 Å². The van der Waals surface area contributed by atoms with E-state index in [0.717, 1.165) is 16.7 Å². The fourth-order valence-electron chi connectivity index (χ4n) is 1.50. The zero-order valence-electron chi connectivity index (χ0n) is 9.89. The molecule has 2 rings (SSSR count). The normalized spacial score (nSPS) is 11.1. The minimum atomic E-state index is 0.490. The third-order valence-corrected chi connectivity index (χ3v) is 3.03. The number of benzene rings is 1. The molecule has 1 heterocycles. The lowest BCUT2D eigenvalue weighted by atomic mass is 10.2. The minimum Gasteiger partial charge on any atom is -0.310 e. The summed E-state index contributed by atoms with van der Waals surface area (Å²) in [6.45, 7) is 5.14. The monoisotopic (exact) mass is 294 g/mol. The van der Waals surface area contributed by atoms with Crippen molar-refractivity contribution in [3.63, 3.8) is 0 Å². The van der Waals surface area contributed by atoms with Crippen LogP contribution >= 0.6 is 15.9 Å². The molecule has 2 aromatic rings. The molecule has 0 unspecified atom stereocenters. The summed E-state index contributed by atoms with van der Waals surface area (Å²) in [5.74, 6) is 0. The van der Waals surface area contributed by atoms with E-state index in [-0.39, 0.29) is 0 Å². The van der Waals surface area contributed by atoms with Crippen LogP contribution in [0.25, 0.3) is 5.69 Å². The summed E-state index contributed by atoms with van der Waals surface area (Å²) in [5, 5.41) is 7.50. The van der Waals surface area contributed by atoms with Gasteiger partial charge in [0.05, 0.1) is 5.69 Å². The standard InChI is InChI=1S/C12H15BrN4/c1-9(2)15-6-10-3-4-12(11(13)5-10)17-8-14-7-16-17/h3-5,7-9,15H,6H2,1-2H3. The number of hydrogen-bond donors (Lipinski definition) is 1. The molecule has 0 aliphatic carbocycles. The van der Waals surface area contributed by atoms with Crippen LogP contribution in [0.1, 0.15) is 19.4 Å². The Hall–Kier alpha value is -1.20. The zero-order valence-corrected chi connectivity index (χ0v) is 11.5. The second-order valence-corrected chi connectivity index (χ2v) is 5.02. The second kappa shape index (κ2) is 5.42. The van der Waals surface area contributed by atoms with Crippen LogP contribution in [0.5, 0.6) is 0 Å². The van der Waals surface area contributed by atoms with E-state index in [1.807, 2.05) is 6.07 Å². The molecule has 0 saturated heterocycles. The van der Waals surface area contributed by atoms with Crippen molar-refractivity contribution in [1.82, 2.24) is 20.1 Å². The summed E-state index contributed by atoms with van der Waals surface area (Å²) in [4.78, 5) is 3.94. The van der Waals surface area contributed by atoms with Gasteiger partial charge in [0.25, 0.3) is 0 Å². The molecule has 0 amide bonds. The molecule has 5 heteroatoms. The molecule has 0 saturated carbocycles. The van der Waals surface area contributed by atoms with Gasteiger partial charge in [-0.25, -0.2) is 9.67 Å². The quantitative estimate of drug-likeness (QED) is 0.942. The fourth-order valence-corrected chi connectivity index (χ4v) is 2.11. The highest BCUT2D eigenvalue weighted by Crippen LogP contribution is 2.21. The van der Waals surface area contributed by atoms with E-state index in [2.05, 4.69) is 57.3 Å². The van der Waals surface area contributed by atoms with Gasteiger partial charge in [-0.1, -0.05) is 19.9 Å². The molecule has 0 atom stereocenters. The lowest BCUT2D eigenvalue weighted by Gasteiger charge is -2.10. The highest BCUT2D eigenvalue weighted by Gasteiger charge is 2.04. The third-order valence-electron chi connectivity index (χ3n) is 2.39. The second-order valence-electron chi connectivity index (χ2n) is 4.16. The smallest absolute Gasteiger partial charge is 0.138 e. The molecule has 0 fully saturated rings. The van der Waals surface area contributed by atoms with Crippen LogP contribution in [0.3, 0.4) is 0 Å². The highest BCUT2D eigenvalue weighted by atomic mass is 79.9. The van der Waals surface area contributed by atoms with Crippen molar-refractivity contribution in [1.29, 1.82) is 0 Å². The number of hydrogen-bond acceptors (Lipinski definition) is 3. The van der Waals surface area contributed by atoms with E-state index in [0.29, 0.717) is 6.04 Å². The van der Waals surface area contributed by atoms with Gasteiger partial charge in [0, 0.05) is 17.1 Å². The van der Waals surface area contributed by atoms with E-state index in [9.17, 15) is 0 Å².